The van der Waals surface area contributed by atoms with Crippen LogP contribution in [0.4, 0.5) is 10.5 Å². The van der Waals surface area contributed by atoms with E-state index in [1.165, 1.54) is 5.56 Å². The van der Waals surface area contributed by atoms with Crippen LogP contribution in [0.5, 0.6) is 0 Å². The van der Waals surface area contributed by atoms with Crippen molar-refractivity contribution in [2.75, 3.05) is 5.32 Å². The van der Waals surface area contributed by atoms with Gasteiger partial charge in [0.1, 0.15) is 0 Å². The Morgan fingerprint density at radius 1 is 1.10 bits per heavy atom. The molecule has 0 aliphatic heterocycles. The van der Waals surface area contributed by atoms with Gasteiger partial charge in [0.2, 0.25) is 0 Å². The summed E-state index contributed by atoms with van der Waals surface area (Å²) in [6, 6.07) is 15.5. The van der Waals surface area contributed by atoms with E-state index in [2.05, 4.69) is 40.4 Å². The highest BCUT2D eigenvalue weighted by Crippen LogP contribution is 2.17. The van der Waals surface area contributed by atoms with Gasteiger partial charge in [0.15, 0.2) is 0 Å². The van der Waals surface area contributed by atoms with Gasteiger partial charge in [-0.15, -0.1) is 0 Å². The summed E-state index contributed by atoms with van der Waals surface area (Å²) in [5.74, 6) is 0.489. The molecule has 0 atom stereocenters. The Morgan fingerprint density at radius 2 is 1.76 bits per heavy atom. The second-order valence-corrected chi connectivity index (χ2v) is 6.03. The first kappa shape index (κ1) is 15.6. The fourth-order valence-corrected chi connectivity index (χ4v) is 2.37. The molecule has 2 amide bonds. The molecule has 2 aromatic rings. The van der Waals surface area contributed by atoms with E-state index in [9.17, 15) is 4.79 Å². The standard InChI is InChI=1S/C17H19BrN2O/c1-12(2)13-7-9-15(10-8-13)20-17(21)19-11-14-5-3-4-6-16(14)18/h3-10,12H,11H2,1-2H3,(H2,19,20,21). The van der Waals surface area contributed by atoms with Gasteiger partial charge in [-0.3, -0.25) is 0 Å². The van der Waals surface area contributed by atoms with Gasteiger partial charge in [-0.1, -0.05) is 60.1 Å². The molecule has 110 valence electrons. The number of amides is 2. The maximum absolute atomic E-state index is 11.9. The number of nitrogens with one attached hydrogen (secondary N) is 2. The van der Waals surface area contributed by atoms with Crippen LogP contribution in [0.1, 0.15) is 30.9 Å². The molecule has 2 aromatic carbocycles. The molecule has 0 unspecified atom stereocenters. The fourth-order valence-electron chi connectivity index (χ4n) is 1.94. The van der Waals surface area contributed by atoms with Crippen molar-refractivity contribution in [2.24, 2.45) is 0 Å². The maximum atomic E-state index is 11.9. The molecule has 21 heavy (non-hydrogen) atoms. The number of carbonyl (C=O) groups excluding carboxylic acids is 1. The van der Waals surface area contributed by atoms with Gasteiger partial charge >= 0.3 is 6.03 Å². The highest BCUT2D eigenvalue weighted by atomic mass is 79.9. The summed E-state index contributed by atoms with van der Waals surface area (Å²) in [6.45, 7) is 4.77. The molecule has 0 aliphatic rings. The molecule has 2 N–H and O–H groups in total. The van der Waals surface area contributed by atoms with Gasteiger partial charge in [-0.25, -0.2) is 4.79 Å². The molecular formula is C17H19BrN2O. The molecule has 0 aliphatic carbocycles. The third-order valence-corrected chi connectivity index (χ3v) is 4.01. The highest BCUT2D eigenvalue weighted by molar-refractivity contribution is 9.10. The van der Waals surface area contributed by atoms with Gasteiger partial charge in [0.25, 0.3) is 0 Å². The van der Waals surface area contributed by atoms with Crippen molar-refractivity contribution in [3.05, 3.63) is 64.1 Å². The van der Waals surface area contributed by atoms with E-state index in [0.29, 0.717) is 12.5 Å². The summed E-state index contributed by atoms with van der Waals surface area (Å²) in [5, 5.41) is 5.68. The minimum atomic E-state index is -0.206. The minimum Gasteiger partial charge on any atom is -0.334 e. The van der Waals surface area contributed by atoms with Crippen molar-refractivity contribution in [3.8, 4) is 0 Å². The summed E-state index contributed by atoms with van der Waals surface area (Å²) < 4.78 is 0.992. The number of halogens is 1. The first-order valence-corrected chi connectivity index (χ1v) is 7.74. The Hall–Kier alpha value is -1.81. The van der Waals surface area contributed by atoms with Crippen LogP contribution in [0.3, 0.4) is 0 Å². The first-order valence-electron chi connectivity index (χ1n) is 6.94. The third kappa shape index (κ3) is 4.60. The molecule has 0 saturated carbocycles. The van der Waals surface area contributed by atoms with E-state index in [1.54, 1.807) is 0 Å². The molecule has 4 heteroatoms. The zero-order valence-corrected chi connectivity index (χ0v) is 13.8. The lowest BCUT2D eigenvalue weighted by Crippen LogP contribution is -2.28. The largest absolute Gasteiger partial charge is 0.334 e. The van der Waals surface area contributed by atoms with Crippen LogP contribution in [-0.2, 0) is 6.54 Å². The molecule has 0 spiro atoms. The van der Waals surface area contributed by atoms with Crippen molar-refractivity contribution >= 4 is 27.6 Å². The monoisotopic (exact) mass is 346 g/mol. The fraction of sp³-hybridized carbons (Fsp3) is 0.235. The molecule has 0 radical (unpaired) electrons. The second kappa shape index (κ2) is 7.27. The minimum absolute atomic E-state index is 0.206. The van der Waals surface area contributed by atoms with Gasteiger partial charge < -0.3 is 10.6 Å². The summed E-state index contributed by atoms with van der Waals surface area (Å²) >= 11 is 3.46. The molecule has 0 saturated heterocycles. The van der Waals surface area contributed by atoms with E-state index in [4.69, 9.17) is 0 Å². The zero-order valence-electron chi connectivity index (χ0n) is 12.2. The Labute approximate surface area is 133 Å². The van der Waals surface area contributed by atoms with Crippen LogP contribution in [0, 0.1) is 0 Å². The number of hydrogen-bond acceptors (Lipinski definition) is 1. The van der Waals surface area contributed by atoms with E-state index in [-0.39, 0.29) is 6.03 Å². The topological polar surface area (TPSA) is 41.1 Å². The van der Waals surface area contributed by atoms with Crippen LogP contribution in [0.25, 0.3) is 0 Å². The van der Waals surface area contributed by atoms with E-state index in [0.717, 1.165) is 15.7 Å². The lowest BCUT2D eigenvalue weighted by Gasteiger charge is -2.10. The second-order valence-electron chi connectivity index (χ2n) is 5.18. The maximum Gasteiger partial charge on any atom is 0.319 e. The lowest BCUT2D eigenvalue weighted by atomic mass is 10.0. The average molecular weight is 347 g/mol. The Balaban J connectivity index is 1.88. The molecule has 0 heterocycles. The van der Waals surface area contributed by atoms with Gasteiger partial charge in [0, 0.05) is 16.7 Å². The molecule has 0 aromatic heterocycles. The van der Waals surface area contributed by atoms with Crippen LogP contribution in [-0.4, -0.2) is 6.03 Å². The average Bonchev–Trinajstić information content (AvgIpc) is 2.47. The highest BCUT2D eigenvalue weighted by Gasteiger charge is 2.04. The molecule has 0 fully saturated rings. The smallest absolute Gasteiger partial charge is 0.319 e. The lowest BCUT2D eigenvalue weighted by molar-refractivity contribution is 0.251. The normalized spacial score (nSPS) is 10.5. The summed E-state index contributed by atoms with van der Waals surface area (Å²) in [7, 11) is 0. The number of urea groups is 1. The van der Waals surface area contributed by atoms with E-state index < -0.39 is 0 Å². The van der Waals surface area contributed by atoms with Crippen molar-refractivity contribution in [2.45, 2.75) is 26.3 Å². The van der Waals surface area contributed by atoms with Crippen LogP contribution in [0.2, 0.25) is 0 Å². The predicted molar refractivity (Wildman–Crippen MR) is 90.5 cm³/mol. The number of rotatable bonds is 4. The van der Waals surface area contributed by atoms with Crippen molar-refractivity contribution < 1.29 is 4.79 Å². The number of hydrogen-bond donors (Lipinski definition) is 2. The van der Waals surface area contributed by atoms with Crippen LogP contribution in [0.15, 0.2) is 53.0 Å². The van der Waals surface area contributed by atoms with Crippen LogP contribution >= 0.6 is 15.9 Å². The molecule has 3 nitrogen and oxygen atoms in total. The Bertz CT molecular complexity index is 608. The number of carbonyl (C=O) groups is 1. The summed E-state index contributed by atoms with van der Waals surface area (Å²) in [6.07, 6.45) is 0. The molecule has 2 rings (SSSR count). The Morgan fingerprint density at radius 3 is 2.38 bits per heavy atom. The van der Waals surface area contributed by atoms with Gasteiger partial charge in [-0.2, -0.15) is 0 Å². The molecular weight excluding hydrogens is 328 g/mol. The van der Waals surface area contributed by atoms with Gasteiger partial charge in [0.05, 0.1) is 0 Å². The molecule has 0 bridgehead atoms. The number of benzene rings is 2. The van der Waals surface area contributed by atoms with Crippen molar-refractivity contribution in [1.82, 2.24) is 5.32 Å². The number of anilines is 1. The third-order valence-electron chi connectivity index (χ3n) is 3.23. The SMILES string of the molecule is CC(C)c1ccc(NC(=O)NCc2ccccc2Br)cc1. The van der Waals surface area contributed by atoms with E-state index in [1.807, 2.05) is 48.5 Å². The Kier molecular flexibility index (Phi) is 5.39. The summed E-state index contributed by atoms with van der Waals surface area (Å²) in [4.78, 5) is 11.9. The van der Waals surface area contributed by atoms with E-state index >= 15 is 0 Å². The van der Waals surface area contributed by atoms with Crippen molar-refractivity contribution in [3.63, 3.8) is 0 Å². The van der Waals surface area contributed by atoms with Crippen molar-refractivity contribution in [1.29, 1.82) is 0 Å². The predicted octanol–water partition coefficient (Wildman–Crippen LogP) is 4.89. The van der Waals surface area contributed by atoms with Crippen LogP contribution < -0.4 is 10.6 Å². The quantitative estimate of drug-likeness (QED) is 0.812. The summed E-state index contributed by atoms with van der Waals surface area (Å²) in [5.41, 5.74) is 3.10. The first-order chi connectivity index (χ1) is 10.1. The zero-order chi connectivity index (χ0) is 15.2. The van der Waals surface area contributed by atoms with Gasteiger partial charge in [-0.05, 0) is 35.2 Å².